The van der Waals surface area contributed by atoms with Crippen molar-refractivity contribution in [3.8, 4) is 0 Å². The summed E-state index contributed by atoms with van der Waals surface area (Å²) in [6.07, 6.45) is 2.16. The molecule has 0 aromatic carbocycles. The summed E-state index contributed by atoms with van der Waals surface area (Å²) >= 11 is 0. The van der Waals surface area contributed by atoms with Gasteiger partial charge in [-0.2, -0.15) is 0 Å². The van der Waals surface area contributed by atoms with E-state index in [1.807, 2.05) is 0 Å². The fourth-order valence-electron chi connectivity index (χ4n) is 0.902. The van der Waals surface area contributed by atoms with E-state index < -0.39 is 6.04 Å². The number of methoxy groups -OCH3 is 1. The summed E-state index contributed by atoms with van der Waals surface area (Å²) in [6, 6.07) is -0.473. The van der Waals surface area contributed by atoms with E-state index >= 15 is 0 Å². The highest BCUT2D eigenvalue weighted by Crippen LogP contribution is 1.95. The fraction of sp³-hybridized carbons (Fsp3) is 0.667. The standard InChI is InChI=1S/C9H18N2O2/c1-4-5-8(10)9(12)11(2)6-7-13-3/h4,8H,1,5-7,10H2,2-3H3. The van der Waals surface area contributed by atoms with Gasteiger partial charge in [0.15, 0.2) is 0 Å². The minimum absolute atomic E-state index is 0.0723. The van der Waals surface area contributed by atoms with Crippen molar-refractivity contribution < 1.29 is 9.53 Å². The Morgan fingerprint density at radius 1 is 1.77 bits per heavy atom. The fourth-order valence-corrected chi connectivity index (χ4v) is 0.902. The first-order valence-electron chi connectivity index (χ1n) is 4.23. The topological polar surface area (TPSA) is 55.6 Å². The van der Waals surface area contributed by atoms with E-state index in [2.05, 4.69) is 6.58 Å². The number of hydrogen-bond acceptors (Lipinski definition) is 3. The van der Waals surface area contributed by atoms with Gasteiger partial charge in [-0.15, -0.1) is 6.58 Å². The molecule has 0 spiro atoms. The quantitative estimate of drug-likeness (QED) is 0.594. The molecule has 0 aliphatic heterocycles. The van der Waals surface area contributed by atoms with Crippen molar-refractivity contribution in [2.45, 2.75) is 12.5 Å². The molecule has 0 aromatic heterocycles. The van der Waals surface area contributed by atoms with Gasteiger partial charge < -0.3 is 15.4 Å². The highest BCUT2D eigenvalue weighted by Gasteiger charge is 2.15. The molecule has 13 heavy (non-hydrogen) atoms. The minimum atomic E-state index is -0.473. The van der Waals surface area contributed by atoms with Crippen molar-refractivity contribution in [2.75, 3.05) is 27.3 Å². The van der Waals surface area contributed by atoms with Crippen molar-refractivity contribution in [3.05, 3.63) is 12.7 Å². The van der Waals surface area contributed by atoms with Crippen LogP contribution in [0.15, 0.2) is 12.7 Å². The first kappa shape index (κ1) is 12.1. The molecule has 0 aliphatic rings. The maximum Gasteiger partial charge on any atom is 0.239 e. The summed E-state index contributed by atoms with van der Waals surface area (Å²) in [7, 11) is 3.31. The van der Waals surface area contributed by atoms with Crippen LogP contribution in [0.4, 0.5) is 0 Å². The molecular formula is C9H18N2O2. The lowest BCUT2D eigenvalue weighted by Gasteiger charge is -2.19. The normalized spacial score (nSPS) is 12.2. The average molecular weight is 186 g/mol. The molecule has 0 saturated heterocycles. The number of likely N-dealkylation sites (N-methyl/N-ethyl adjacent to an activating group) is 1. The predicted molar refractivity (Wildman–Crippen MR) is 52.3 cm³/mol. The van der Waals surface area contributed by atoms with Crippen molar-refractivity contribution >= 4 is 5.91 Å². The van der Waals surface area contributed by atoms with E-state index in [0.717, 1.165) is 0 Å². The van der Waals surface area contributed by atoms with Crippen molar-refractivity contribution in [2.24, 2.45) is 5.73 Å². The molecule has 0 aromatic rings. The second-order valence-corrected chi connectivity index (χ2v) is 2.88. The molecule has 2 N–H and O–H groups in total. The third-order valence-corrected chi connectivity index (χ3v) is 1.74. The van der Waals surface area contributed by atoms with Gasteiger partial charge in [0.2, 0.25) is 5.91 Å². The zero-order valence-electron chi connectivity index (χ0n) is 8.32. The minimum Gasteiger partial charge on any atom is -0.383 e. The summed E-state index contributed by atoms with van der Waals surface area (Å²) in [5.41, 5.74) is 5.60. The van der Waals surface area contributed by atoms with Crippen LogP contribution in [0.1, 0.15) is 6.42 Å². The number of nitrogens with zero attached hydrogens (tertiary/aromatic N) is 1. The lowest BCUT2D eigenvalue weighted by Crippen LogP contribution is -2.42. The van der Waals surface area contributed by atoms with E-state index in [9.17, 15) is 4.79 Å². The van der Waals surface area contributed by atoms with Crippen LogP contribution in [0.25, 0.3) is 0 Å². The van der Waals surface area contributed by atoms with E-state index in [1.54, 1.807) is 25.1 Å². The summed E-state index contributed by atoms with van der Waals surface area (Å²) in [4.78, 5) is 13.0. The Hall–Kier alpha value is -0.870. The number of nitrogens with two attached hydrogens (primary N) is 1. The Morgan fingerprint density at radius 3 is 2.85 bits per heavy atom. The van der Waals surface area contributed by atoms with Gasteiger partial charge in [0, 0.05) is 20.7 Å². The molecule has 4 nitrogen and oxygen atoms in total. The molecule has 0 rings (SSSR count). The van der Waals surface area contributed by atoms with E-state index in [-0.39, 0.29) is 5.91 Å². The second kappa shape index (κ2) is 6.62. The maximum atomic E-state index is 11.4. The Morgan fingerprint density at radius 2 is 2.38 bits per heavy atom. The highest BCUT2D eigenvalue weighted by molar-refractivity contribution is 5.81. The Balaban J connectivity index is 3.86. The Labute approximate surface area is 79.3 Å². The van der Waals surface area contributed by atoms with E-state index in [4.69, 9.17) is 10.5 Å². The number of amides is 1. The molecule has 0 saturated carbocycles. The molecule has 4 heteroatoms. The molecule has 0 heterocycles. The van der Waals surface area contributed by atoms with Crippen LogP contribution < -0.4 is 5.73 Å². The van der Waals surface area contributed by atoms with Crippen LogP contribution in [0.5, 0.6) is 0 Å². The van der Waals surface area contributed by atoms with Gasteiger partial charge in [-0.25, -0.2) is 0 Å². The lowest BCUT2D eigenvalue weighted by molar-refractivity contribution is -0.131. The molecule has 0 bridgehead atoms. The first-order valence-corrected chi connectivity index (χ1v) is 4.23. The first-order chi connectivity index (χ1) is 6.13. The number of hydrogen-bond donors (Lipinski definition) is 1. The van der Waals surface area contributed by atoms with Gasteiger partial charge in [-0.1, -0.05) is 6.08 Å². The van der Waals surface area contributed by atoms with Gasteiger partial charge in [0.25, 0.3) is 0 Å². The third-order valence-electron chi connectivity index (χ3n) is 1.74. The van der Waals surface area contributed by atoms with Crippen LogP contribution in [-0.2, 0) is 9.53 Å². The van der Waals surface area contributed by atoms with Gasteiger partial charge in [0.1, 0.15) is 0 Å². The third kappa shape index (κ3) is 4.65. The highest BCUT2D eigenvalue weighted by atomic mass is 16.5. The summed E-state index contributed by atoms with van der Waals surface area (Å²) in [6.45, 7) is 4.63. The zero-order valence-corrected chi connectivity index (χ0v) is 8.32. The van der Waals surface area contributed by atoms with Crippen molar-refractivity contribution in [1.82, 2.24) is 4.90 Å². The SMILES string of the molecule is C=CCC(N)C(=O)N(C)CCOC. The average Bonchev–Trinajstić information content (AvgIpc) is 2.13. The maximum absolute atomic E-state index is 11.4. The molecule has 1 atom stereocenters. The van der Waals surface area contributed by atoms with Crippen molar-refractivity contribution in [3.63, 3.8) is 0 Å². The summed E-state index contributed by atoms with van der Waals surface area (Å²) < 4.78 is 4.85. The van der Waals surface area contributed by atoms with E-state index in [1.165, 1.54) is 0 Å². The van der Waals surface area contributed by atoms with Crippen LogP contribution >= 0.6 is 0 Å². The number of carbonyl (C=O) groups is 1. The molecule has 0 radical (unpaired) electrons. The number of carbonyl (C=O) groups excluding carboxylic acids is 1. The van der Waals surface area contributed by atoms with Gasteiger partial charge in [0.05, 0.1) is 12.6 Å². The molecular weight excluding hydrogens is 168 g/mol. The second-order valence-electron chi connectivity index (χ2n) is 2.88. The summed E-state index contributed by atoms with van der Waals surface area (Å²) in [5, 5.41) is 0. The summed E-state index contributed by atoms with van der Waals surface area (Å²) in [5.74, 6) is -0.0723. The molecule has 1 amide bonds. The monoisotopic (exact) mass is 186 g/mol. The Kier molecular flexibility index (Phi) is 6.18. The van der Waals surface area contributed by atoms with Crippen LogP contribution in [0.3, 0.4) is 0 Å². The molecule has 1 unspecified atom stereocenters. The molecule has 0 aliphatic carbocycles. The van der Waals surface area contributed by atoms with E-state index in [0.29, 0.717) is 19.6 Å². The smallest absolute Gasteiger partial charge is 0.239 e. The van der Waals surface area contributed by atoms with Crippen LogP contribution in [0, 0.1) is 0 Å². The van der Waals surface area contributed by atoms with Crippen LogP contribution in [-0.4, -0.2) is 44.2 Å². The number of ether oxygens (including phenoxy) is 1. The van der Waals surface area contributed by atoms with Gasteiger partial charge in [-0.05, 0) is 6.42 Å². The molecule has 0 fully saturated rings. The van der Waals surface area contributed by atoms with Gasteiger partial charge >= 0.3 is 0 Å². The lowest BCUT2D eigenvalue weighted by atomic mass is 10.2. The number of rotatable bonds is 6. The van der Waals surface area contributed by atoms with Gasteiger partial charge in [-0.3, -0.25) is 4.79 Å². The Bertz CT molecular complexity index is 171. The van der Waals surface area contributed by atoms with Crippen LogP contribution in [0.2, 0.25) is 0 Å². The molecule has 76 valence electrons. The predicted octanol–water partition coefficient (Wildman–Crippen LogP) is -0.00540. The van der Waals surface area contributed by atoms with Crippen molar-refractivity contribution in [1.29, 1.82) is 0 Å². The largest absolute Gasteiger partial charge is 0.383 e. The zero-order chi connectivity index (χ0) is 10.3.